The summed E-state index contributed by atoms with van der Waals surface area (Å²) in [5.74, 6) is 0. The Morgan fingerprint density at radius 2 is 1.89 bits per heavy atom. The van der Waals surface area contributed by atoms with E-state index >= 15 is 0 Å². The smallest absolute Gasteiger partial charge is 0.0762 e. The zero-order valence-electron chi connectivity index (χ0n) is 11.4. The van der Waals surface area contributed by atoms with E-state index in [4.69, 9.17) is 11.6 Å². The molecule has 0 aromatic heterocycles. The second-order valence-corrected chi connectivity index (χ2v) is 6.64. The Hall–Kier alpha value is -0.570. The summed E-state index contributed by atoms with van der Waals surface area (Å²) in [5.41, 5.74) is 0.423. The minimum absolute atomic E-state index is 0.0976. The van der Waals surface area contributed by atoms with Gasteiger partial charge in [-0.1, -0.05) is 37.6 Å². The number of aliphatic hydroxyl groups is 1. The summed E-state index contributed by atoms with van der Waals surface area (Å²) in [7, 11) is 2.11. The molecule has 1 aromatic rings. The molecule has 1 unspecified atom stereocenters. The van der Waals surface area contributed by atoms with Crippen LogP contribution in [0.4, 0.5) is 0 Å². The molecule has 1 aromatic carbocycles. The van der Waals surface area contributed by atoms with Crippen molar-refractivity contribution in [3.63, 3.8) is 0 Å². The van der Waals surface area contributed by atoms with Crippen molar-refractivity contribution in [2.24, 2.45) is 5.41 Å². The zero-order chi connectivity index (χ0) is 13.4. The molecule has 2 rings (SSSR count). The Morgan fingerprint density at radius 1 is 1.28 bits per heavy atom. The molecule has 100 valence electrons. The van der Waals surface area contributed by atoms with Crippen LogP contribution in [0.25, 0.3) is 0 Å². The molecule has 0 spiro atoms. The lowest BCUT2D eigenvalue weighted by Crippen LogP contribution is -2.57. The highest BCUT2D eigenvalue weighted by Gasteiger charge is 2.46. The molecule has 1 fully saturated rings. The summed E-state index contributed by atoms with van der Waals surface area (Å²) in [4.78, 5) is 2.29. The Morgan fingerprint density at radius 3 is 2.44 bits per heavy atom. The van der Waals surface area contributed by atoms with Gasteiger partial charge in [-0.2, -0.15) is 0 Å². The minimum atomic E-state index is -0.632. The van der Waals surface area contributed by atoms with E-state index in [2.05, 4.69) is 25.8 Å². The summed E-state index contributed by atoms with van der Waals surface area (Å²) >= 11 is 5.90. The van der Waals surface area contributed by atoms with Gasteiger partial charge in [0, 0.05) is 29.9 Å². The fourth-order valence-electron chi connectivity index (χ4n) is 2.88. The predicted octanol–water partition coefficient (Wildman–Crippen LogP) is 2.98. The van der Waals surface area contributed by atoms with Crippen molar-refractivity contribution in [2.45, 2.75) is 32.3 Å². The van der Waals surface area contributed by atoms with Crippen LogP contribution in [0, 0.1) is 5.41 Å². The second-order valence-electron chi connectivity index (χ2n) is 6.21. The molecule has 0 saturated carbocycles. The standard InChI is InChI=1S/C15H22ClNO/c1-14(2)11-17(3)9-8-15(14,18)10-12-4-6-13(16)7-5-12/h4-7,18H,8-11H2,1-3H3. The van der Waals surface area contributed by atoms with Crippen LogP contribution >= 0.6 is 11.6 Å². The first-order chi connectivity index (χ1) is 8.32. The average Bonchev–Trinajstić information content (AvgIpc) is 2.27. The summed E-state index contributed by atoms with van der Waals surface area (Å²) in [6.45, 7) is 6.18. The monoisotopic (exact) mass is 267 g/mol. The molecule has 1 heterocycles. The number of likely N-dealkylation sites (tertiary alicyclic amines) is 1. The average molecular weight is 268 g/mol. The van der Waals surface area contributed by atoms with Crippen LogP contribution in [0.3, 0.4) is 0 Å². The molecule has 1 N–H and O–H groups in total. The van der Waals surface area contributed by atoms with Gasteiger partial charge in [0.05, 0.1) is 5.60 Å². The maximum Gasteiger partial charge on any atom is 0.0762 e. The van der Waals surface area contributed by atoms with Crippen molar-refractivity contribution >= 4 is 11.6 Å². The van der Waals surface area contributed by atoms with Crippen LogP contribution in [0.5, 0.6) is 0 Å². The Balaban J connectivity index is 2.18. The molecule has 2 nitrogen and oxygen atoms in total. The first-order valence-corrected chi connectivity index (χ1v) is 6.86. The van der Waals surface area contributed by atoms with E-state index in [0.717, 1.165) is 30.1 Å². The fourth-order valence-corrected chi connectivity index (χ4v) is 3.01. The van der Waals surface area contributed by atoms with Crippen LogP contribution in [-0.2, 0) is 6.42 Å². The molecule has 0 amide bonds. The van der Waals surface area contributed by atoms with E-state index in [-0.39, 0.29) is 5.41 Å². The lowest BCUT2D eigenvalue weighted by atomic mass is 9.67. The number of halogens is 1. The lowest BCUT2D eigenvalue weighted by molar-refractivity contribution is -0.113. The van der Waals surface area contributed by atoms with E-state index in [1.165, 1.54) is 0 Å². The Labute approximate surface area is 115 Å². The maximum atomic E-state index is 11.0. The summed E-state index contributed by atoms with van der Waals surface area (Å²) < 4.78 is 0. The molecule has 0 aliphatic carbocycles. The number of hydrogen-bond donors (Lipinski definition) is 1. The van der Waals surface area contributed by atoms with Gasteiger partial charge in [-0.25, -0.2) is 0 Å². The van der Waals surface area contributed by atoms with E-state index < -0.39 is 5.60 Å². The van der Waals surface area contributed by atoms with E-state index in [9.17, 15) is 5.11 Å². The third kappa shape index (κ3) is 2.71. The third-order valence-corrected chi connectivity index (χ3v) is 4.49. The lowest BCUT2D eigenvalue weighted by Gasteiger charge is -2.49. The van der Waals surface area contributed by atoms with Gasteiger partial charge in [0.15, 0.2) is 0 Å². The second kappa shape index (κ2) is 4.84. The van der Waals surface area contributed by atoms with Crippen LogP contribution < -0.4 is 0 Å². The van der Waals surface area contributed by atoms with E-state index in [1.807, 2.05) is 24.3 Å². The van der Waals surface area contributed by atoms with Crippen LogP contribution in [0.1, 0.15) is 25.8 Å². The highest BCUT2D eigenvalue weighted by molar-refractivity contribution is 6.30. The van der Waals surface area contributed by atoms with Gasteiger partial charge in [-0.15, -0.1) is 0 Å². The van der Waals surface area contributed by atoms with E-state index in [0.29, 0.717) is 6.42 Å². The molecule has 1 aliphatic rings. The molecule has 1 saturated heterocycles. The van der Waals surface area contributed by atoms with Crippen LogP contribution in [0.15, 0.2) is 24.3 Å². The molecule has 1 atom stereocenters. The Bertz CT molecular complexity index is 415. The number of rotatable bonds is 2. The number of piperidine rings is 1. The molecule has 18 heavy (non-hydrogen) atoms. The normalized spacial score (nSPS) is 28.3. The fraction of sp³-hybridized carbons (Fsp3) is 0.600. The zero-order valence-corrected chi connectivity index (χ0v) is 12.2. The molecule has 0 bridgehead atoms. The number of nitrogens with zero attached hydrogens (tertiary/aromatic N) is 1. The van der Waals surface area contributed by atoms with Crippen molar-refractivity contribution in [1.29, 1.82) is 0 Å². The van der Waals surface area contributed by atoms with Gasteiger partial charge in [-0.05, 0) is 31.2 Å². The number of hydrogen-bond acceptors (Lipinski definition) is 2. The molecular weight excluding hydrogens is 246 g/mol. The topological polar surface area (TPSA) is 23.5 Å². The summed E-state index contributed by atoms with van der Waals surface area (Å²) in [6, 6.07) is 7.80. The van der Waals surface area contributed by atoms with Crippen molar-refractivity contribution < 1.29 is 5.11 Å². The maximum absolute atomic E-state index is 11.0. The SMILES string of the molecule is CN1CCC(O)(Cc2ccc(Cl)cc2)C(C)(C)C1. The first-order valence-electron chi connectivity index (χ1n) is 6.48. The van der Waals surface area contributed by atoms with Gasteiger partial charge >= 0.3 is 0 Å². The molecule has 1 aliphatic heterocycles. The third-order valence-electron chi connectivity index (χ3n) is 4.24. The highest BCUT2D eigenvalue weighted by atomic mass is 35.5. The van der Waals surface area contributed by atoms with Crippen LogP contribution in [0.2, 0.25) is 5.02 Å². The summed E-state index contributed by atoms with van der Waals surface area (Å²) in [6.07, 6.45) is 1.52. The van der Waals surface area contributed by atoms with Crippen molar-refractivity contribution in [3.8, 4) is 0 Å². The van der Waals surface area contributed by atoms with Crippen LogP contribution in [-0.4, -0.2) is 35.7 Å². The highest BCUT2D eigenvalue weighted by Crippen LogP contribution is 2.40. The minimum Gasteiger partial charge on any atom is -0.389 e. The van der Waals surface area contributed by atoms with Crippen molar-refractivity contribution in [2.75, 3.05) is 20.1 Å². The quantitative estimate of drug-likeness (QED) is 0.891. The van der Waals surface area contributed by atoms with Gasteiger partial charge < -0.3 is 10.0 Å². The Kier molecular flexibility index (Phi) is 3.72. The summed E-state index contributed by atoms with van der Waals surface area (Å²) in [5, 5.41) is 11.7. The predicted molar refractivity (Wildman–Crippen MR) is 76.0 cm³/mol. The van der Waals surface area contributed by atoms with Crippen molar-refractivity contribution in [1.82, 2.24) is 4.90 Å². The molecule has 3 heteroatoms. The van der Waals surface area contributed by atoms with E-state index in [1.54, 1.807) is 0 Å². The van der Waals surface area contributed by atoms with Gasteiger partial charge in [0.2, 0.25) is 0 Å². The molecule has 0 radical (unpaired) electrons. The van der Waals surface area contributed by atoms with Crippen molar-refractivity contribution in [3.05, 3.63) is 34.9 Å². The van der Waals surface area contributed by atoms with Gasteiger partial charge in [0.25, 0.3) is 0 Å². The molecular formula is C15H22ClNO. The van der Waals surface area contributed by atoms with Gasteiger partial charge in [0.1, 0.15) is 0 Å². The van der Waals surface area contributed by atoms with Gasteiger partial charge in [-0.3, -0.25) is 0 Å². The largest absolute Gasteiger partial charge is 0.389 e. The first kappa shape index (κ1) is 13.9. The number of benzene rings is 1.